The Kier molecular flexibility index (Phi) is 4.98. The maximum atomic E-state index is 12.8. The molecule has 27 heavy (non-hydrogen) atoms. The van der Waals surface area contributed by atoms with Crippen molar-refractivity contribution in [1.29, 1.82) is 0 Å². The fourth-order valence-corrected chi connectivity index (χ4v) is 2.37. The third-order valence-corrected chi connectivity index (χ3v) is 3.67. The van der Waals surface area contributed by atoms with Crippen molar-refractivity contribution in [3.8, 4) is 11.3 Å². The van der Waals surface area contributed by atoms with Gasteiger partial charge in [0.1, 0.15) is 6.54 Å². The molecule has 2 aromatic heterocycles. The van der Waals surface area contributed by atoms with Gasteiger partial charge in [-0.05, 0) is 32.0 Å². The normalized spacial score (nSPS) is 11.8. The molecule has 0 atom stereocenters. The Morgan fingerprint density at radius 2 is 2.00 bits per heavy atom. The van der Waals surface area contributed by atoms with Crippen LogP contribution in [0.15, 0.2) is 42.7 Å². The first kappa shape index (κ1) is 18.6. The highest BCUT2D eigenvalue weighted by molar-refractivity contribution is 5.89. The lowest BCUT2D eigenvalue weighted by Gasteiger charge is -2.07. The Morgan fingerprint density at radius 3 is 2.67 bits per heavy atom. The molecule has 0 spiro atoms. The second kappa shape index (κ2) is 7.22. The molecule has 142 valence electrons. The van der Waals surface area contributed by atoms with Crippen molar-refractivity contribution in [1.82, 2.24) is 24.8 Å². The topological polar surface area (TPSA) is 77.6 Å². The molecule has 0 fully saturated rings. The van der Waals surface area contributed by atoms with Gasteiger partial charge >= 0.3 is 6.18 Å². The molecule has 0 aliphatic heterocycles. The highest BCUT2D eigenvalue weighted by Gasteiger charge is 2.30. The van der Waals surface area contributed by atoms with Crippen LogP contribution in [0.1, 0.15) is 25.5 Å². The summed E-state index contributed by atoms with van der Waals surface area (Å²) < 4.78 is 39.8. The van der Waals surface area contributed by atoms with Gasteiger partial charge in [-0.2, -0.15) is 28.2 Å². The lowest BCUT2D eigenvalue weighted by atomic mass is 10.1. The van der Waals surface area contributed by atoms with E-state index in [9.17, 15) is 18.0 Å². The van der Waals surface area contributed by atoms with Crippen LogP contribution >= 0.6 is 0 Å². The molecule has 0 radical (unpaired) electrons. The standard InChI is InChI=1S/C17H17F3N6O/c1-11(2)26-21-9-15(24-26)22-16(27)10-25-7-6-14(23-25)12-4-3-5-13(8-12)17(18,19)20/h3-9,11H,10H2,1-2H3,(H,22,24,27). The van der Waals surface area contributed by atoms with Crippen LogP contribution in [-0.4, -0.2) is 30.7 Å². The Labute approximate surface area is 152 Å². The zero-order valence-corrected chi connectivity index (χ0v) is 14.6. The summed E-state index contributed by atoms with van der Waals surface area (Å²) in [7, 11) is 0. The average Bonchev–Trinajstić information content (AvgIpc) is 3.24. The summed E-state index contributed by atoms with van der Waals surface area (Å²) in [6.07, 6.45) is -1.46. The number of aromatic nitrogens is 5. The summed E-state index contributed by atoms with van der Waals surface area (Å²) in [5, 5.41) is 14.9. The number of anilines is 1. The number of benzene rings is 1. The SMILES string of the molecule is CC(C)n1ncc(NC(=O)Cn2ccc(-c3cccc(C(F)(F)F)c3)n2)n1. The summed E-state index contributed by atoms with van der Waals surface area (Å²) in [5.74, 6) is -0.0524. The zero-order chi connectivity index (χ0) is 19.6. The number of carbonyl (C=O) groups excluding carboxylic acids is 1. The fraction of sp³-hybridized carbons (Fsp3) is 0.294. The zero-order valence-electron chi connectivity index (χ0n) is 14.6. The van der Waals surface area contributed by atoms with E-state index in [1.54, 1.807) is 6.07 Å². The molecule has 1 amide bonds. The first-order valence-electron chi connectivity index (χ1n) is 8.15. The van der Waals surface area contributed by atoms with E-state index < -0.39 is 11.7 Å². The van der Waals surface area contributed by atoms with Gasteiger partial charge in [-0.1, -0.05) is 12.1 Å². The van der Waals surface area contributed by atoms with E-state index in [1.165, 1.54) is 34.0 Å². The predicted octanol–water partition coefficient (Wildman–Crippen LogP) is 3.38. The lowest BCUT2D eigenvalue weighted by molar-refractivity contribution is -0.137. The third kappa shape index (κ3) is 4.52. The number of rotatable bonds is 5. The summed E-state index contributed by atoms with van der Waals surface area (Å²) in [4.78, 5) is 13.6. The molecule has 3 aromatic rings. The third-order valence-electron chi connectivity index (χ3n) is 3.67. The monoisotopic (exact) mass is 378 g/mol. The minimum absolute atomic E-state index is 0.0665. The molecule has 2 heterocycles. The van der Waals surface area contributed by atoms with Crippen LogP contribution in [0, 0.1) is 0 Å². The molecule has 1 aromatic carbocycles. The van der Waals surface area contributed by atoms with E-state index in [-0.39, 0.29) is 18.5 Å². The molecule has 0 aliphatic rings. The molecule has 7 nitrogen and oxygen atoms in total. The van der Waals surface area contributed by atoms with E-state index in [1.807, 2.05) is 13.8 Å². The molecule has 0 bridgehead atoms. The van der Waals surface area contributed by atoms with Gasteiger partial charge in [0, 0.05) is 11.8 Å². The smallest absolute Gasteiger partial charge is 0.306 e. The number of alkyl halides is 3. The fourth-order valence-electron chi connectivity index (χ4n) is 2.37. The van der Waals surface area contributed by atoms with E-state index in [4.69, 9.17) is 0 Å². The molecule has 0 saturated carbocycles. The highest BCUT2D eigenvalue weighted by atomic mass is 19.4. The van der Waals surface area contributed by atoms with Gasteiger partial charge in [0.25, 0.3) is 0 Å². The maximum absolute atomic E-state index is 12.8. The molecule has 1 N–H and O–H groups in total. The summed E-state index contributed by atoms with van der Waals surface area (Å²) in [6, 6.07) is 6.50. The van der Waals surface area contributed by atoms with Crippen LogP contribution in [0.2, 0.25) is 0 Å². The second-order valence-corrected chi connectivity index (χ2v) is 6.17. The number of nitrogens with one attached hydrogen (secondary N) is 1. The van der Waals surface area contributed by atoms with Crippen molar-refractivity contribution in [3.63, 3.8) is 0 Å². The Balaban J connectivity index is 1.68. The predicted molar refractivity (Wildman–Crippen MR) is 91.7 cm³/mol. The number of amides is 1. The van der Waals surface area contributed by atoms with Crippen molar-refractivity contribution in [3.05, 3.63) is 48.3 Å². The van der Waals surface area contributed by atoms with Gasteiger partial charge in [0.05, 0.1) is 23.5 Å². The molecule has 0 unspecified atom stereocenters. The van der Waals surface area contributed by atoms with Gasteiger partial charge < -0.3 is 5.32 Å². The van der Waals surface area contributed by atoms with Gasteiger partial charge in [-0.15, -0.1) is 5.10 Å². The van der Waals surface area contributed by atoms with Crippen LogP contribution in [0.25, 0.3) is 11.3 Å². The minimum atomic E-state index is -4.42. The van der Waals surface area contributed by atoms with E-state index in [2.05, 4.69) is 20.6 Å². The number of hydrogen-bond acceptors (Lipinski definition) is 4. The van der Waals surface area contributed by atoms with Crippen LogP contribution in [0.5, 0.6) is 0 Å². The lowest BCUT2D eigenvalue weighted by Crippen LogP contribution is -2.19. The van der Waals surface area contributed by atoms with Crippen LogP contribution < -0.4 is 5.32 Å². The molecule has 0 saturated heterocycles. The molecular weight excluding hydrogens is 361 g/mol. The Bertz CT molecular complexity index is 944. The summed E-state index contributed by atoms with van der Waals surface area (Å²) in [5.41, 5.74) is -0.0796. The van der Waals surface area contributed by atoms with Gasteiger partial charge in [0.15, 0.2) is 5.82 Å². The van der Waals surface area contributed by atoms with Gasteiger partial charge in [-0.25, -0.2) is 0 Å². The van der Waals surface area contributed by atoms with Crippen molar-refractivity contribution in [2.45, 2.75) is 32.6 Å². The van der Waals surface area contributed by atoms with E-state index in [0.717, 1.165) is 12.1 Å². The number of carbonyl (C=O) groups is 1. The van der Waals surface area contributed by atoms with Crippen LogP contribution in [0.3, 0.4) is 0 Å². The maximum Gasteiger partial charge on any atom is 0.416 e. The number of hydrogen-bond donors (Lipinski definition) is 1. The van der Waals surface area contributed by atoms with Gasteiger partial charge in [-0.3, -0.25) is 9.48 Å². The van der Waals surface area contributed by atoms with Gasteiger partial charge in [0.2, 0.25) is 5.91 Å². The first-order chi connectivity index (χ1) is 12.7. The van der Waals surface area contributed by atoms with Crippen molar-refractivity contribution in [2.24, 2.45) is 0 Å². The molecule has 3 rings (SSSR count). The number of nitrogens with zero attached hydrogens (tertiary/aromatic N) is 5. The summed E-state index contributed by atoms with van der Waals surface area (Å²) in [6.45, 7) is 3.71. The average molecular weight is 378 g/mol. The van der Waals surface area contributed by atoms with Crippen LogP contribution in [-0.2, 0) is 17.5 Å². The van der Waals surface area contributed by atoms with Crippen LogP contribution in [0.4, 0.5) is 19.0 Å². The second-order valence-electron chi connectivity index (χ2n) is 6.17. The number of halogens is 3. The molecule has 0 aliphatic carbocycles. The van der Waals surface area contributed by atoms with Crippen molar-refractivity contribution < 1.29 is 18.0 Å². The Morgan fingerprint density at radius 1 is 1.22 bits per heavy atom. The van der Waals surface area contributed by atoms with E-state index in [0.29, 0.717) is 17.1 Å². The van der Waals surface area contributed by atoms with Crippen molar-refractivity contribution >= 4 is 11.7 Å². The molecule has 10 heteroatoms. The van der Waals surface area contributed by atoms with Crippen molar-refractivity contribution in [2.75, 3.05) is 5.32 Å². The first-order valence-corrected chi connectivity index (χ1v) is 8.15. The summed E-state index contributed by atoms with van der Waals surface area (Å²) >= 11 is 0. The van der Waals surface area contributed by atoms with E-state index >= 15 is 0 Å². The molecular formula is C17H17F3N6O. The highest BCUT2D eigenvalue weighted by Crippen LogP contribution is 2.31. The largest absolute Gasteiger partial charge is 0.416 e. The quantitative estimate of drug-likeness (QED) is 0.738. The minimum Gasteiger partial charge on any atom is -0.306 e. The Hall–Kier alpha value is -3.17.